The molecule has 0 amide bonds. The van der Waals surface area contributed by atoms with E-state index >= 15 is 0 Å². The maximum Gasteiger partial charge on any atom is 0.222 e. The Morgan fingerprint density at radius 1 is 1.26 bits per heavy atom. The van der Waals surface area contributed by atoms with Crippen molar-refractivity contribution in [2.45, 2.75) is 18.2 Å². The molecule has 4 rings (SSSR count). The monoisotopic (exact) mass is 373 g/mol. The smallest absolute Gasteiger partial charge is 0.222 e. The number of hydrogen-bond acceptors (Lipinski definition) is 5. The molecule has 2 aliphatic rings. The lowest BCUT2D eigenvalue weighted by atomic mass is 9.90. The van der Waals surface area contributed by atoms with E-state index in [-0.39, 0.29) is 6.10 Å². The fourth-order valence-corrected chi connectivity index (χ4v) is 3.42. The van der Waals surface area contributed by atoms with Gasteiger partial charge in [0.15, 0.2) is 0 Å². The first-order chi connectivity index (χ1) is 11.1. The molecule has 0 saturated heterocycles. The number of ether oxygens (including phenoxy) is 1. The molecule has 2 aromatic rings. The van der Waals surface area contributed by atoms with Crippen LogP contribution in [-0.4, -0.2) is 18.1 Å². The highest BCUT2D eigenvalue weighted by molar-refractivity contribution is 9.10. The average molecular weight is 374 g/mol. The first-order valence-corrected chi connectivity index (χ1v) is 8.16. The zero-order chi connectivity index (χ0) is 16.0. The predicted octanol–water partition coefficient (Wildman–Crippen LogP) is 3.32. The molecule has 2 heterocycles. The van der Waals surface area contributed by atoms with Gasteiger partial charge in [0.25, 0.3) is 0 Å². The van der Waals surface area contributed by atoms with Gasteiger partial charge in [-0.2, -0.15) is 0 Å². The van der Waals surface area contributed by atoms with Crippen molar-refractivity contribution in [2.24, 2.45) is 10.7 Å². The highest BCUT2D eigenvalue weighted by atomic mass is 79.9. The fourth-order valence-electron chi connectivity index (χ4n) is 3.06. The van der Waals surface area contributed by atoms with Crippen molar-refractivity contribution < 1.29 is 9.57 Å². The number of hydrogen-bond donors (Lipinski definition) is 1. The Balaban J connectivity index is 1.84. The summed E-state index contributed by atoms with van der Waals surface area (Å²) in [7, 11) is 1.76. The Morgan fingerprint density at radius 2 is 2.04 bits per heavy atom. The highest BCUT2D eigenvalue weighted by Crippen LogP contribution is 2.50. The molecule has 0 saturated carbocycles. The van der Waals surface area contributed by atoms with Gasteiger partial charge in [0.1, 0.15) is 11.9 Å². The summed E-state index contributed by atoms with van der Waals surface area (Å²) in [6.45, 7) is 0. The third-order valence-corrected chi connectivity index (χ3v) is 4.66. The standard InChI is InChI=1S/C17H16BrN3O2/c1-21-16(19)20-17(23-21)10-15(11-5-3-2-4-6-11)22-14-8-7-12(18)9-13(14)17/h2-9,15H,10H2,1H3,(H2,19,20). The molecule has 0 aliphatic carbocycles. The Kier molecular flexibility index (Phi) is 3.32. The van der Waals surface area contributed by atoms with Gasteiger partial charge in [-0.1, -0.05) is 46.3 Å². The van der Waals surface area contributed by atoms with Crippen LogP contribution >= 0.6 is 15.9 Å². The van der Waals surface area contributed by atoms with E-state index in [0.29, 0.717) is 12.4 Å². The maximum absolute atomic E-state index is 6.20. The molecule has 2 unspecified atom stereocenters. The Labute approximate surface area is 142 Å². The van der Waals surface area contributed by atoms with Crippen molar-refractivity contribution in [1.82, 2.24) is 5.06 Å². The molecule has 2 aliphatic heterocycles. The van der Waals surface area contributed by atoms with Crippen LogP contribution in [0.1, 0.15) is 23.7 Å². The van der Waals surface area contributed by atoms with Gasteiger partial charge in [0.05, 0.1) is 5.56 Å². The third-order valence-electron chi connectivity index (χ3n) is 4.17. The number of fused-ring (bicyclic) bond motifs is 2. The minimum atomic E-state index is -0.850. The van der Waals surface area contributed by atoms with E-state index in [2.05, 4.69) is 20.9 Å². The van der Waals surface area contributed by atoms with Crippen LogP contribution in [0, 0.1) is 0 Å². The molecule has 6 heteroatoms. The summed E-state index contributed by atoms with van der Waals surface area (Å²) in [5.41, 5.74) is 7.08. The zero-order valence-corrected chi connectivity index (χ0v) is 14.2. The van der Waals surface area contributed by atoms with Gasteiger partial charge in [0, 0.05) is 17.9 Å². The number of aliphatic imine (C=N–C) groups is 1. The lowest BCUT2D eigenvalue weighted by molar-refractivity contribution is -0.191. The van der Waals surface area contributed by atoms with Gasteiger partial charge >= 0.3 is 0 Å². The van der Waals surface area contributed by atoms with E-state index in [1.54, 1.807) is 7.05 Å². The van der Waals surface area contributed by atoms with Crippen LogP contribution in [0.25, 0.3) is 0 Å². The van der Waals surface area contributed by atoms with E-state index in [4.69, 9.17) is 15.3 Å². The number of nitrogens with zero attached hydrogens (tertiary/aromatic N) is 2. The molecule has 0 radical (unpaired) electrons. The molecule has 1 spiro atoms. The summed E-state index contributed by atoms with van der Waals surface area (Å²) < 4.78 is 7.15. The fraction of sp³-hybridized carbons (Fsp3) is 0.235. The van der Waals surface area contributed by atoms with Crippen molar-refractivity contribution >= 4 is 21.9 Å². The Morgan fingerprint density at radius 3 is 2.74 bits per heavy atom. The van der Waals surface area contributed by atoms with E-state index in [1.807, 2.05) is 48.5 Å². The van der Waals surface area contributed by atoms with Crippen LogP contribution < -0.4 is 10.5 Å². The summed E-state index contributed by atoms with van der Waals surface area (Å²) in [6, 6.07) is 16.0. The second-order valence-electron chi connectivity index (χ2n) is 5.70. The van der Waals surface area contributed by atoms with Crippen molar-refractivity contribution in [3.05, 3.63) is 64.1 Å². The van der Waals surface area contributed by atoms with Crippen molar-refractivity contribution in [3.8, 4) is 5.75 Å². The lowest BCUT2D eigenvalue weighted by Crippen LogP contribution is -2.36. The second-order valence-corrected chi connectivity index (χ2v) is 6.62. The molecular formula is C17H16BrN3O2. The van der Waals surface area contributed by atoms with Crippen LogP contribution in [-0.2, 0) is 10.6 Å². The van der Waals surface area contributed by atoms with Crippen LogP contribution in [0.5, 0.6) is 5.75 Å². The Hall–Kier alpha value is -2.05. The van der Waals surface area contributed by atoms with E-state index in [0.717, 1.165) is 21.3 Å². The zero-order valence-electron chi connectivity index (χ0n) is 12.6. The number of benzene rings is 2. The second kappa shape index (κ2) is 5.25. The summed E-state index contributed by atoms with van der Waals surface area (Å²) in [6.07, 6.45) is 0.416. The highest BCUT2D eigenvalue weighted by Gasteiger charge is 2.48. The molecule has 2 N–H and O–H groups in total. The predicted molar refractivity (Wildman–Crippen MR) is 90.7 cm³/mol. The quantitative estimate of drug-likeness (QED) is 0.832. The minimum Gasteiger partial charge on any atom is -0.485 e. The summed E-state index contributed by atoms with van der Waals surface area (Å²) in [4.78, 5) is 10.7. The van der Waals surface area contributed by atoms with Gasteiger partial charge in [-0.05, 0) is 23.8 Å². The van der Waals surface area contributed by atoms with Crippen molar-refractivity contribution in [3.63, 3.8) is 0 Å². The van der Waals surface area contributed by atoms with Crippen molar-refractivity contribution in [2.75, 3.05) is 7.05 Å². The molecule has 2 atom stereocenters. The lowest BCUT2D eigenvalue weighted by Gasteiger charge is -2.37. The number of rotatable bonds is 1. The molecule has 23 heavy (non-hydrogen) atoms. The van der Waals surface area contributed by atoms with Gasteiger partial charge in [0.2, 0.25) is 11.7 Å². The SMILES string of the molecule is CN1OC2(CC(c3ccccc3)Oc3ccc(Br)cc32)N=C1N. The van der Waals surface area contributed by atoms with E-state index in [1.165, 1.54) is 5.06 Å². The third kappa shape index (κ3) is 2.38. The summed E-state index contributed by atoms with van der Waals surface area (Å²) in [5, 5.41) is 1.51. The number of guanidine groups is 1. The molecule has 2 aromatic carbocycles. The molecule has 5 nitrogen and oxygen atoms in total. The normalized spacial score (nSPS) is 25.9. The summed E-state index contributed by atoms with van der Waals surface area (Å²) in [5.74, 6) is 1.13. The number of nitrogens with two attached hydrogens (primary N) is 1. The topological polar surface area (TPSA) is 60.1 Å². The number of hydroxylamine groups is 2. The van der Waals surface area contributed by atoms with Gasteiger partial charge in [-0.3, -0.25) is 0 Å². The maximum atomic E-state index is 6.20. The van der Waals surface area contributed by atoms with Crippen LogP contribution in [0.3, 0.4) is 0 Å². The van der Waals surface area contributed by atoms with Gasteiger partial charge in [-0.15, -0.1) is 0 Å². The van der Waals surface area contributed by atoms with E-state index < -0.39 is 5.72 Å². The summed E-state index contributed by atoms with van der Waals surface area (Å²) >= 11 is 3.51. The molecule has 0 aromatic heterocycles. The number of halogens is 1. The van der Waals surface area contributed by atoms with Gasteiger partial charge < -0.3 is 10.5 Å². The van der Waals surface area contributed by atoms with Crippen LogP contribution in [0.4, 0.5) is 0 Å². The largest absolute Gasteiger partial charge is 0.485 e. The van der Waals surface area contributed by atoms with Crippen LogP contribution in [0.2, 0.25) is 0 Å². The average Bonchev–Trinajstić information content (AvgIpc) is 2.83. The molecule has 118 valence electrons. The first kappa shape index (κ1) is 14.5. The molecular weight excluding hydrogens is 358 g/mol. The molecule has 0 bridgehead atoms. The first-order valence-electron chi connectivity index (χ1n) is 7.37. The van der Waals surface area contributed by atoms with Crippen LogP contribution in [0.15, 0.2) is 58.0 Å². The van der Waals surface area contributed by atoms with E-state index in [9.17, 15) is 0 Å². The molecule has 0 fully saturated rings. The minimum absolute atomic E-state index is 0.145. The van der Waals surface area contributed by atoms with Gasteiger partial charge in [-0.25, -0.2) is 14.9 Å². The van der Waals surface area contributed by atoms with Crippen molar-refractivity contribution in [1.29, 1.82) is 0 Å². The Bertz CT molecular complexity index is 781.